The lowest BCUT2D eigenvalue weighted by Gasteiger charge is -2.29. The first-order chi connectivity index (χ1) is 11.1. The minimum absolute atomic E-state index is 0.307. The second-order valence-electron chi connectivity index (χ2n) is 5.48. The number of carboxylic acids is 1. The third-order valence-corrected chi connectivity index (χ3v) is 5.13. The number of hydrogen-bond donors (Lipinski definition) is 1. The summed E-state index contributed by atoms with van der Waals surface area (Å²) in [6.45, 7) is 1.87. The smallest absolute Gasteiger partial charge is 0.348 e. The van der Waals surface area contributed by atoms with Crippen LogP contribution in [0.25, 0.3) is 10.4 Å². The van der Waals surface area contributed by atoms with Gasteiger partial charge in [0, 0.05) is 18.0 Å². The number of halogens is 1. The summed E-state index contributed by atoms with van der Waals surface area (Å²) >= 11 is 0.884. The van der Waals surface area contributed by atoms with Gasteiger partial charge >= 0.3 is 5.97 Å². The molecule has 1 aromatic heterocycles. The van der Waals surface area contributed by atoms with Gasteiger partial charge in [-0.2, -0.15) is 5.26 Å². The number of anilines is 1. The highest BCUT2D eigenvalue weighted by Crippen LogP contribution is 2.34. The molecule has 0 bridgehead atoms. The fourth-order valence-electron chi connectivity index (χ4n) is 2.85. The summed E-state index contributed by atoms with van der Waals surface area (Å²) in [5.74, 6) is -2.01. The van der Waals surface area contributed by atoms with Gasteiger partial charge in [-0.25, -0.2) is 9.18 Å². The molecule has 2 aromatic rings. The van der Waals surface area contributed by atoms with Crippen LogP contribution in [0.2, 0.25) is 0 Å². The normalized spacial score (nSPS) is 14.5. The van der Waals surface area contributed by atoms with E-state index in [-0.39, 0.29) is 4.88 Å². The Labute approximate surface area is 137 Å². The van der Waals surface area contributed by atoms with E-state index in [1.165, 1.54) is 12.5 Å². The van der Waals surface area contributed by atoms with Crippen molar-refractivity contribution in [1.29, 1.82) is 5.26 Å². The molecule has 0 saturated carbocycles. The first-order valence-electron chi connectivity index (χ1n) is 7.42. The number of rotatable bonds is 3. The van der Waals surface area contributed by atoms with Crippen LogP contribution >= 0.6 is 11.3 Å². The molecule has 0 radical (unpaired) electrons. The lowest BCUT2D eigenvalue weighted by Crippen LogP contribution is -2.29. The van der Waals surface area contributed by atoms with Crippen LogP contribution in [0.1, 0.15) is 34.5 Å². The number of carboxylic acid groups (broad SMARTS) is 1. The van der Waals surface area contributed by atoms with E-state index >= 15 is 0 Å². The first-order valence-corrected chi connectivity index (χ1v) is 8.24. The molecule has 1 fully saturated rings. The van der Waals surface area contributed by atoms with Gasteiger partial charge in [-0.1, -0.05) is 6.07 Å². The predicted octanol–water partition coefficient (Wildman–Crippen LogP) is 4.11. The van der Waals surface area contributed by atoms with E-state index in [4.69, 9.17) is 5.11 Å². The number of hydrogen-bond acceptors (Lipinski definition) is 4. The van der Waals surface area contributed by atoms with Crippen molar-refractivity contribution < 1.29 is 14.3 Å². The zero-order chi connectivity index (χ0) is 16.4. The molecule has 4 nitrogen and oxygen atoms in total. The quantitative estimate of drug-likeness (QED) is 0.919. The van der Waals surface area contributed by atoms with Crippen LogP contribution in [0.4, 0.5) is 10.1 Å². The molecular formula is C17H15FN2O2S. The zero-order valence-corrected chi connectivity index (χ0v) is 13.2. The maximum atomic E-state index is 13.7. The summed E-state index contributed by atoms with van der Waals surface area (Å²) in [7, 11) is 0. The third-order valence-electron chi connectivity index (χ3n) is 3.98. The Hall–Kier alpha value is -2.39. The predicted molar refractivity (Wildman–Crippen MR) is 87.5 cm³/mol. The van der Waals surface area contributed by atoms with Crippen molar-refractivity contribution in [2.24, 2.45) is 0 Å². The van der Waals surface area contributed by atoms with Gasteiger partial charge in [0.1, 0.15) is 16.8 Å². The zero-order valence-electron chi connectivity index (χ0n) is 12.4. The van der Waals surface area contributed by atoms with Gasteiger partial charge in [-0.05, 0) is 43.0 Å². The van der Waals surface area contributed by atoms with Crippen LogP contribution in [0, 0.1) is 17.1 Å². The van der Waals surface area contributed by atoms with Gasteiger partial charge < -0.3 is 10.0 Å². The van der Waals surface area contributed by atoms with E-state index in [1.807, 2.05) is 12.1 Å². The van der Waals surface area contributed by atoms with Crippen LogP contribution in [-0.2, 0) is 0 Å². The van der Waals surface area contributed by atoms with Crippen molar-refractivity contribution in [2.45, 2.75) is 19.3 Å². The van der Waals surface area contributed by atoms with Crippen LogP contribution in [0.15, 0.2) is 24.3 Å². The number of benzene rings is 1. The summed E-state index contributed by atoms with van der Waals surface area (Å²) in [5.41, 5.74) is 2.10. The highest BCUT2D eigenvalue weighted by atomic mass is 32.1. The van der Waals surface area contributed by atoms with Gasteiger partial charge in [0.2, 0.25) is 0 Å². The maximum absolute atomic E-state index is 13.7. The molecule has 1 aliphatic rings. The maximum Gasteiger partial charge on any atom is 0.348 e. The Kier molecular flexibility index (Phi) is 4.30. The molecule has 0 amide bonds. The van der Waals surface area contributed by atoms with Crippen LogP contribution in [-0.4, -0.2) is 24.2 Å². The molecular weight excluding hydrogens is 315 g/mol. The van der Waals surface area contributed by atoms with E-state index in [2.05, 4.69) is 11.0 Å². The van der Waals surface area contributed by atoms with E-state index in [0.29, 0.717) is 16.0 Å². The summed E-state index contributed by atoms with van der Waals surface area (Å²) in [6, 6.07) is 8.82. The molecule has 3 rings (SSSR count). The molecule has 118 valence electrons. The van der Waals surface area contributed by atoms with E-state index < -0.39 is 11.8 Å². The van der Waals surface area contributed by atoms with Gasteiger partial charge in [0.15, 0.2) is 0 Å². The number of aromatic carboxylic acids is 1. The molecule has 0 atom stereocenters. The summed E-state index contributed by atoms with van der Waals surface area (Å²) in [6.07, 6.45) is 3.44. The minimum atomic E-state index is -1.27. The Balaban J connectivity index is 1.97. The van der Waals surface area contributed by atoms with Crippen molar-refractivity contribution in [1.82, 2.24) is 0 Å². The van der Waals surface area contributed by atoms with E-state index in [1.54, 1.807) is 6.07 Å². The number of thiophene rings is 1. The van der Waals surface area contributed by atoms with Crippen LogP contribution in [0.3, 0.4) is 0 Å². The Morgan fingerprint density at radius 3 is 2.61 bits per heavy atom. The van der Waals surface area contributed by atoms with Crippen molar-refractivity contribution >= 4 is 23.0 Å². The fraction of sp³-hybridized carbons (Fsp3) is 0.294. The molecule has 0 spiro atoms. The summed E-state index contributed by atoms with van der Waals surface area (Å²) in [4.78, 5) is 13.4. The van der Waals surface area contributed by atoms with Gasteiger partial charge in [-0.3, -0.25) is 0 Å². The molecule has 1 N–H and O–H groups in total. The average Bonchev–Trinajstić information content (AvgIpc) is 2.97. The Morgan fingerprint density at radius 2 is 2.00 bits per heavy atom. The highest BCUT2D eigenvalue weighted by molar-refractivity contribution is 7.17. The van der Waals surface area contributed by atoms with E-state index in [9.17, 15) is 14.4 Å². The monoisotopic (exact) mass is 330 g/mol. The first kappa shape index (κ1) is 15.5. The van der Waals surface area contributed by atoms with Crippen molar-refractivity contribution in [3.8, 4) is 16.5 Å². The third kappa shape index (κ3) is 3.06. The second-order valence-corrected chi connectivity index (χ2v) is 6.54. The fourth-order valence-corrected chi connectivity index (χ4v) is 3.72. The van der Waals surface area contributed by atoms with Crippen molar-refractivity contribution in [2.75, 3.05) is 18.0 Å². The number of carbonyl (C=O) groups is 1. The molecule has 0 aliphatic carbocycles. The van der Waals surface area contributed by atoms with Crippen LogP contribution < -0.4 is 4.90 Å². The van der Waals surface area contributed by atoms with Gasteiger partial charge in [0.05, 0.1) is 11.3 Å². The van der Waals surface area contributed by atoms with Crippen LogP contribution in [0.5, 0.6) is 0 Å². The largest absolute Gasteiger partial charge is 0.477 e. The molecule has 6 heteroatoms. The molecule has 1 aromatic carbocycles. The van der Waals surface area contributed by atoms with E-state index in [0.717, 1.165) is 43.0 Å². The topological polar surface area (TPSA) is 64.3 Å². The lowest BCUT2D eigenvalue weighted by molar-refractivity contribution is 0.0697. The van der Waals surface area contributed by atoms with Gasteiger partial charge in [-0.15, -0.1) is 11.3 Å². The highest BCUT2D eigenvalue weighted by Gasteiger charge is 2.19. The van der Waals surface area contributed by atoms with Crippen molar-refractivity contribution in [3.05, 3.63) is 40.5 Å². The Bertz CT molecular complexity index is 788. The number of nitriles is 1. The lowest BCUT2D eigenvalue weighted by atomic mass is 10.0. The summed E-state index contributed by atoms with van der Waals surface area (Å²) < 4.78 is 13.7. The standard InChI is InChI=1S/C17H15FN2O2S/c18-13-9-15(23-16(13)17(21)22)11-4-5-14(12(8-11)10-19)20-6-2-1-3-7-20/h4-5,8-9H,1-3,6-7H2,(H,21,22). The molecule has 1 aliphatic heterocycles. The van der Waals surface area contributed by atoms with Gasteiger partial charge in [0.25, 0.3) is 0 Å². The minimum Gasteiger partial charge on any atom is -0.477 e. The van der Waals surface area contributed by atoms with Crippen molar-refractivity contribution in [3.63, 3.8) is 0 Å². The SMILES string of the molecule is N#Cc1cc(-c2cc(F)c(C(=O)O)s2)ccc1N1CCCCC1. The summed E-state index contributed by atoms with van der Waals surface area (Å²) in [5, 5.41) is 18.4. The molecule has 0 unspecified atom stereocenters. The molecule has 23 heavy (non-hydrogen) atoms. The Morgan fingerprint density at radius 1 is 1.26 bits per heavy atom. The number of nitrogens with zero attached hydrogens (tertiary/aromatic N) is 2. The molecule has 2 heterocycles. The second kappa shape index (κ2) is 6.39. The molecule has 1 saturated heterocycles. The number of piperidine rings is 1. The average molecular weight is 330 g/mol.